The molecule has 0 saturated carbocycles. The molecule has 0 saturated heterocycles. The molecule has 0 radical (unpaired) electrons. The van der Waals surface area contributed by atoms with Gasteiger partial charge in [0.05, 0.1) is 0 Å². The van der Waals surface area contributed by atoms with Crippen molar-refractivity contribution in [2.45, 2.75) is 53.6 Å². The molecule has 0 aromatic heterocycles. The maximum atomic E-state index is 14.2. The number of allylic oxidation sites excluding steroid dienone is 3. The van der Waals surface area contributed by atoms with Crippen molar-refractivity contribution >= 4 is 29.3 Å². The summed E-state index contributed by atoms with van der Waals surface area (Å²) in [5, 5.41) is 2.92. The Labute approximate surface area is 184 Å². The third-order valence-electron chi connectivity index (χ3n) is 4.92. The van der Waals surface area contributed by atoms with Gasteiger partial charge in [-0.3, -0.25) is 9.59 Å². The number of primary amides is 1. The molecule has 1 heterocycles. The topological polar surface area (TPSA) is 75.4 Å². The predicted octanol–water partition coefficient (Wildman–Crippen LogP) is 5.00. The van der Waals surface area contributed by atoms with Crippen molar-refractivity contribution < 1.29 is 14.0 Å². The number of nitrogens with one attached hydrogen (secondary N) is 1. The van der Waals surface area contributed by atoms with Crippen LogP contribution < -0.4 is 16.0 Å². The number of alkyl halides is 1. The van der Waals surface area contributed by atoms with E-state index in [1.165, 1.54) is 6.92 Å². The average Bonchev–Trinajstić information content (AvgIpc) is 2.65. The van der Waals surface area contributed by atoms with E-state index >= 15 is 0 Å². The highest BCUT2D eigenvalue weighted by Crippen LogP contribution is 2.32. The Morgan fingerprint density at radius 1 is 1.32 bits per heavy atom. The van der Waals surface area contributed by atoms with E-state index < -0.39 is 12.1 Å². The fourth-order valence-electron chi connectivity index (χ4n) is 3.40. The molecule has 1 atom stereocenters. The first-order valence-corrected chi connectivity index (χ1v) is 10.7. The molecule has 1 aliphatic heterocycles. The fourth-order valence-corrected chi connectivity index (χ4v) is 3.40. The molecular weight excluding hydrogens is 393 g/mol. The summed E-state index contributed by atoms with van der Waals surface area (Å²) in [6.45, 7) is 10.2. The third-order valence-corrected chi connectivity index (χ3v) is 4.92. The summed E-state index contributed by atoms with van der Waals surface area (Å²) in [5.74, 6) is -0.582. The van der Waals surface area contributed by atoms with Crippen LogP contribution in [-0.2, 0) is 9.59 Å². The summed E-state index contributed by atoms with van der Waals surface area (Å²) in [6.07, 6.45) is 7.50. The number of amides is 2. The molecule has 2 amide bonds. The van der Waals surface area contributed by atoms with Gasteiger partial charge < -0.3 is 16.0 Å². The zero-order valence-electron chi connectivity index (χ0n) is 19.2. The standard InChI is InChI=1S/C25H34FN3O2/c1-6-7-8-9-18(17(2)26)15-29-16-20(24(27)31)12-19-13-21(10-11-22(19)29)28-23(30)14-25(3,4)5/h7-13,17H,6,14-16H2,1-5H3,(H2,27,31)(H,28,30)/b8-7-,18-9-. The van der Waals surface area contributed by atoms with E-state index in [9.17, 15) is 14.0 Å². The van der Waals surface area contributed by atoms with E-state index in [0.717, 1.165) is 17.7 Å². The van der Waals surface area contributed by atoms with Crippen molar-refractivity contribution in [2.24, 2.45) is 11.1 Å². The Hall–Kier alpha value is -2.89. The van der Waals surface area contributed by atoms with Crippen molar-refractivity contribution in [3.8, 4) is 0 Å². The number of rotatable bonds is 8. The number of benzene rings is 1. The lowest BCUT2D eigenvalue weighted by atomic mass is 9.92. The van der Waals surface area contributed by atoms with E-state index in [1.807, 2.05) is 62.9 Å². The quantitative estimate of drug-likeness (QED) is 0.573. The minimum absolute atomic E-state index is 0.0709. The Morgan fingerprint density at radius 2 is 2.03 bits per heavy atom. The molecule has 6 heteroatoms. The number of nitrogens with two attached hydrogens (primary N) is 1. The van der Waals surface area contributed by atoms with Crippen LogP contribution in [0.5, 0.6) is 0 Å². The van der Waals surface area contributed by atoms with Gasteiger partial charge in [0.25, 0.3) is 0 Å². The smallest absolute Gasteiger partial charge is 0.246 e. The van der Waals surface area contributed by atoms with Gasteiger partial charge >= 0.3 is 0 Å². The highest BCUT2D eigenvalue weighted by atomic mass is 19.1. The second-order valence-electron chi connectivity index (χ2n) is 9.14. The second-order valence-corrected chi connectivity index (χ2v) is 9.14. The molecule has 0 fully saturated rings. The summed E-state index contributed by atoms with van der Waals surface area (Å²) >= 11 is 0. The lowest BCUT2D eigenvalue weighted by Gasteiger charge is -2.32. The molecular formula is C25H34FN3O2. The van der Waals surface area contributed by atoms with Crippen molar-refractivity contribution in [1.29, 1.82) is 0 Å². The maximum Gasteiger partial charge on any atom is 0.246 e. The van der Waals surface area contributed by atoms with Gasteiger partial charge in [0.2, 0.25) is 11.8 Å². The Morgan fingerprint density at radius 3 is 2.61 bits per heavy atom. The lowest BCUT2D eigenvalue weighted by molar-refractivity contribution is -0.118. The molecule has 1 aromatic rings. The van der Waals surface area contributed by atoms with Crippen LogP contribution >= 0.6 is 0 Å². The highest BCUT2D eigenvalue weighted by molar-refractivity contribution is 6.00. The maximum absolute atomic E-state index is 14.2. The second kappa shape index (κ2) is 10.4. The van der Waals surface area contributed by atoms with E-state index in [4.69, 9.17) is 5.73 Å². The first-order chi connectivity index (χ1) is 14.5. The van der Waals surface area contributed by atoms with E-state index in [1.54, 1.807) is 12.2 Å². The number of hydrogen-bond donors (Lipinski definition) is 2. The van der Waals surface area contributed by atoms with Crippen LogP contribution in [0.1, 0.15) is 53.0 Å². The molecule has 5 nitrogen and oxygen atoms in total. The SMILES string of the molecule is CC/C=C\C=C(\CN1CC(C(N)=O)=Cc2cc(NC(=O)CC(C)(C)C)ccc21)C(C)F. The van der Waals surface area contributed by atoms with Gasteiger partial charge in [-0.2, -0.15) is 0 Å². The normalized spacial score (nSPS) is 15.5. The highest BCUT2D eigenvalue weighted by Gasteiger charge is 2.23. The average molecular weight is 428 g/mol. The van der Waals surface area contributed by atoms with E-state index in [-0.39, 0.29) is 11.3 Å². The van der Waals surface area contributed by atoms with Gasteiger partial charge in [-0.05, 0) is 48.6 Å². The fraction of sp³-hybridized carbons (Fsp3) is 0.440. The third kappa shape index (κ3) is 7.39. The van der Waals surface area contributed by atoms with Crippen LogP contribution in [0, 0.1) is 5.41 Å². The number of anilines is 2. The molecule has 0 bridgehead atoms. The van der Waals surface area contributed by atoms with Gasteiger partial charge in [0, 0.05) is 42.0 Å². The summed E-state index contributed by atoms with van der Waals surface area (Å²) in [6, 6.07) is 5.54. The molecule has 0 aliphatic carbocycles. The van der Waals surface area contributed by atoms with Crippen molar-refractivity contribution in [3.05, 3.63) is 53.1 Å². The van der Waals surface area contributed by atoms with Crippen molar-refractivity contribution in [2.75, 3.05) is 23.3 Å². The summed E-state index contributed by atoms with van der Waals surface area (Å²) in [5.41, 5.74) is 8.78. The van der Waals surface area contributed by atoms with Gasteiger partial charge in [0.1, 0.15) is 6.17 Å². The van der Waals surface area contributed by atoms with Crippen molar-refractivity contribution in [3.63, 3.8) is 0 Å². The zero-order valence-corrected chi connectivity index (χ0v) is 19.2. The summed E-state index contributed by atoms with van der Waals surface area (Å²) in [7, 11) is 0. The molecule has 1 aliphatic rings. The summed E-state index contributed by atoms with van der Waals surface area (Å²) in [4.78, 5) is 26.2. The van der Waals surface area contributed by atoms with Crippen LogP contribution in [0.25, 0.3) is 6.08 Å². The van der Waals surface area contributed by atoms with Crippen LogP contribution in [0.2, 0.25) is 0 Å². The number of fused-ring (bicyclic) bond motifs is 1. The van der Waals surface area contributed by atoms with Crippen molar-refractivity contribution in [1.82, 2.24) is 0 Å². The van der Waals surface area contributed by atoms with Crippen LogP contribution in [0.15, 0.2) is 47.6 Å². The van der Waals surface area contributed by atoms with Crippen LogP contribution in [-0.4, -0.2) is 31.1 Å². The number of carbonyl (C=O) groups is 2. The van der Waals surface area contributed by atoms with E-state index in [2.05, 4.69) is 5.32 Å². The number of carbonyl (C=O) groups excluding carboxylic acids is 2. The van der Waals surface area contributed by atoms with Crippen LogP contribution in [0.3, 0.4) is 0 Å². The Kier molecular flexibility index (Phi) is 8.20. The first kappa shape index (κ1) is 24.4. The summed E-state index contributed by atoms with van der Waals surface area (Å²) < 4.78 is 14.2. The minimum Gasteiger partial charge on any atom is -0.366 e. The Balaban J connectivity index is 2.34. The lowest BCUT2D eigenvalue weighted by Crippen LogP contribution is -2.35. The molecule has 3 N–H and O–H groups in total. The largest absolute Gasteiger partial charge is 0.366 e. The van der Waals surface area contributed by atoms with Gasteiger partial charge in [-0.25, -0.2) is 4.39 Å². The minimum atomic E-state index is -1.12. The molecule has 168 valence electrons. The predicted molar refractivity (Wildman–Crippen MR) is 127 cm³/mol. The number of nitrogens with zero attached hydrogens (tertiary/aromatic N) is 1. The Bertz CT molecular complexity index is 908. The van der Waals surface area contributed by atoms with Gasteiger partial charge in [-0.15, -0.1) is 0 Å². The number of hydrogen-bond acceptors (Lipinski definition) is 3. The first-order valence-electron chi connectivity index (χ1n) is 10.7. The monoisotopic (exact) mass is 427 g/mol. The van der Waals surface area contributed by atoms with Crippen LogP contribution in [0.4, 0.5) is 15.8 Å². The zero-order chi connectivity index (χ0) is 23.2. The number of halogens is 1. The molecule has 31 heavy (non-hydrogen) atoms. The van der Waals surface area contributed by atoms with Gasteiger partial charge in [-0.1, -0.05) is 45.9 Å². The molecule has 2 rings (SSSR count). The molecule has 1 unspecified atom stereocenters. The van der Waals surface area contributed by atoms with Gasteiger partial charge in [0.15, 0.2) is 0 Å². The molecule has 0 spiro atoms. The van der Waals surface area contributed by atoms with E-state index in [0.29, 0.717) is 36.3 Å². The molecule has 1 aromatic carbocycles.